The van der Waals surface area contributed by atoms with Gasteiger partial charge in [0.25, 0.3) is 0 Å². The van der Waals surface area contributed by atoms with E-state index >= 15 is 0 Å². The standard InChI is InChI=1S/C10H11BrFNO3/c1-4-2-5(6(13)3-7(14)15)9(12)10(16)8(4)11/h2,6,16H,3,13H2,1H3,(H,14,15). The first-order valence-corrected chi connectivity index (χ1v) is 5.28. The number of aromatic hydroxyl groups is 1. The fraction of sp³-hybridized carbons (Fsp3) is 0.300. The summed E-state index contributed by atoms with van der Waals surface area (Å²) in [7, 11) is 0. The molecule has 6 heteroatoms. The Morgan fingerprint density at radius 3 is 2.75 bits per heavy atom. The second-order valence-electron chi connectivity index (χ2n) is 3.46. The van der Waals surface area contributed by atoms with Crippen LogP contribution in [0.5, 0.6) is 5.75 Å². The average Bonchev–Trinajstić information content (AvgIpc) is 2.19. The lowest BCUT2D eigenvalue weighted by molar-refractivity contribution is -0.137. The van der Waals surface area contributed by atoms with Crippen molar-refractivity contribution in [2.24, 2.45) is 5.73 Å². The molecule has 0 amide bonds. The predicted octanol–water partition coefficient (Wildman–Crippen LogP) is 2.08. The summed E-state index contributed by atoms with van der Waals surface area (Å²) < 4.78 is 13.8. The first kappa shape index (κ1) is 12.9. The number of carboxylic acid groups (broad SMARTS) is 1. The molecule has 1 aromatic rings. The third kappa shape index (κ3) is 2.51. The quantitative estimate of drug-likeness (QED) is 0.796. The van der Waals surface area contributed by atoms with Gasteiger partial charge in [-0.3, -0.25) is 4.79 Å². The fourth-order valence-corrected chi connectivity index (χ4v) is 1.64. The molecule has 0 radical (unpaired) electrons. The van der Waals surface area contributed by atoms with Crippen LogP contribution in [0.1, 0.15) is 23.6 Å². The van der Waals surface area contributed by atoms with E-state index in [-0.39, 0.29) is 10.0 Å². The number of phenols is 1. The van der Waals surface area contributed by atoms with E-state index in [9.17, 15) is 14.3 Å². The zero-order valence-electron chi connectivity index (χ0n) is 8.50. The molecule has 4 nitrogen and oxygen atoms in total. The molecular formula is C10H11BrFNO3. The minimum absolute atomic E-state index is 0.000556. The van der Waals surface area contributed by atoms with Crippen LogP contribution in [0.3, 0.4) is 0 Å². The molecule has 1 atom stereocenters. The zero-order valence-corrected chi connectivity index (χ0v) is 10.1. The van der Waals surface area contributed by atoms with Crippen LogP contribution in [0.15, 0.2) is 10.5 Å². The maximum Gasteiger partial charge on any atom is 0.305 e. The normalized spacial score (nSPS) is 12.5. The lowest BCUT2D eigenvalue weighted by Crippen LogP contribution is -2.16. The van der Waals surface area contributed by atoms with Gasteiger partial charge in [0.05, 0.1) is 10.9 Å². The van der Waals surface area contributed by atoms with Gasteiger partial charge in [-0.1, -0.05) is 6.07 Å². The maximum atomic E-state index is 13.6. The summed E-state index contributed by atoms with van der Waals surface area (Å²) in [4.78, 5) is 10.5. The van der Waals surface area contributed by atoms with Gasteiger partial charge in [-0.2, -0.15) is 0 Å². The highest BCUT2D eigenvalue weighted by molar-refractivity contribution is 9.10. The van der Waals surface area contributed by atoms with Gasteiger partial charge in [0.2, 0.25) is 0 Å². The number of carbonyl (C=O) groups is 1. The van der Waals surface area contributed by atoms with Crippen LogP contribution in [0, 0.1) is 12.7 Å². The van der Waals surface area contributed by atoms with Crippen molar-refractivity contribution in [2.45, 2.75) is 19.4 Å². The number of nitrogens with two attached hydrogens (primary N) is 1. The molecule has 0 aliphatic carbocycles. The van der Waals surface area contributed by atoms with Gasteiger partial charge in [0.15, 0.2) is 11.6 Å². The van der Waals surface area contributed by atoms with Crippen molar-refractivity contribution < 1.29 is 19.4 Å². The summed E-state index contributed by atoms with van der Waals surface area (Å²) in [5, 5.41) is 18.0. The highest BCUT2D eigenvalue weighted by Gasteiger charge is 2.20. The molecule has 0 bridgehead atoms. The molecule has 0 aliphatic rings. The van der Waals surface area contributed by atoms with Crippen molar-refractivity contribution in [3.63, 3.8) is 0 Å². The summed E-state index contributed by atoms with van der Waals surface area (Å²) in [6, 6.07) is 0.447. The average molecular weight is 292 g/mol. The molecule has 0 saturated heterocycles. The van der Waals surface area contributed by atoms with Gasteiger partial charge in [0.1, 0.15) is 0 Å². The van der Waals surface area contributed by atoms with E-state index in [0.29, 0.717) is 5.56 Å². The Hall–Kier alpha value is -1.14. The van der Waals surface area contributed by atoms with Crippen LogP contribution < -0.4 is 5.73 Å². The number of hydrogen-bond donors (Lipinski definition) is 3. The number of rotatable bonds is 3. The highest BCUT2D eigenvalue weighted by atomic mass is 79.9. The van der Waals surface area contributed by atoms with Crippen LogP contribution in [0.4, 0.5) is 4.39 Å². The lowest BCUT2D eigenvalue weighted by Gasteiger charge is -2.14. The molecule has 0 aliphatic heterocycles. The largest absolute Gasteiger partial charge is 0.504 e. The Morgan fingerprint density at radius 1 is 1.69 bits per heavy atom. The van der Waals surface area contributed by atoms with Gasteiger partial charge < -0.3 is 15.9 Å². The Bertz CT molecular complexity index is 437. The Labute approximate surface area is 100 Å². The minimum atomic E-state index is -1.12. The number of phenolic OH excluding ortho intramolecular Hbond substituents is 1. The lowest BCUT2D eigenvalue weighted by atomic mass is 10.0. The molecule has 88 valence electrons. The minimum Gasteiger partial charge on any atom is -0.504 e. The van der Waals surface area contributed by atoms with E-state index < -0.39 is 30.0 Å². The van der Waals surface area contributed by atoms with Crippen molar-refractivity contribution >= 4 is 21.9 Å². The van der Waals surface area contributed by atoms with E-state index in [4.69, 9.17) is 10.8 Å². The van der Waals surface area contributed by atoms with E-state index in [1.54, 1.807) is 6.92 Å². The molecule has 0 aromatic heterocycles. The van der Waals surface area contributed by atoms with Crippen LogP contribution in [-0.4, -0.2) is 16.2 Å². The summed E-state index contributed by atoms with van der Waals surface area (Å²) in [6.07, 6.45) is -0.391. The van der Waals surface area contributed by atoms with Crippen molar-refractivity contribution in [3.05, 3.63) is 27.5 Å². The molecule has 1 unspecified atom stereocenters. The molecule has 0 saturated carbocycles. The highest BCUT2D eigenvalue weighted by Crippen LogP contribution is 2.34. The molecule has 0 heterocycles. The SMILES string of the molecule is Cc1cc(C(N)CC(=O)O)c(F)c(O)c1Br. The van der Waals surface area contributed by atoms with Gasteiger partial charge >= 0.3 is 5.97 Å². The van der Waals surface area contributed by atoms with Gasteiger partial charge in [0, 0.05) is 11.6 Å². The number of halogens is 2. The van der Waals surface area contributed by atoms with Crippen molar-refractivity contribution in [1.82, 2.24) is 0 Å². The second-order valence-corrected chi connectivity index (χ2v) is 4.26. The van der Waals surface area contributed by atoms with Crippen LogP contribution in [0.2, 0.25) is 0 Å². The third-order valence-electron chi connectivity index (χ3n) is 2.18. The Morgan fingerprint density at radius 2 is 2.25 bits per heavy atom. The van der Waals surface area contributed by atoms with Crippen LogP contribution in [-0.2, 0) is 4.79 Å². The van der Waals surface area contributed by atoms with E-state index in [1.165, 1.54) is 6.07 Å². The molecule has 0 fully saturated rings. The molecule has 0 spiro atoms. The monoisotopic (exact) mass is 291 g/mol. The van der Waals surface area contributed by atoms with Crippen molar-refractivity contribution in [3.8, 4) is 5.75 Å². The van der Waals surface area contributed by atoms with E-state index in [1.807, 2.05) is 0 Å². The van der Waals surface area contributed by atoms with E-state index in [0.717, 1.165) is 0 Å². The van der Waals surface area contributed by atoms with Gasteiger partial charge in [-0.05, 0) is 28.4 Å². The van der Waals surface area contributed by atoms with Crippen LogP contribution >= 0.6 is 15.9 Å². The number of aryl methyl sites for hydroxylation is 1. The summed E-state index contributed by atoms with van der Waals surface area (Å²) >= 11 is 3.02. The number of benzene rings is 1. The first-order chi connectivity index (χ1) is 7.34. The predicted molar refractivity (Wildman–Crippen MR) is 59.7 cm³/mol. The van der Waals surface area contributed by atoms with E-state index in [2.05, 4.69) is 15.9 Å². The molecule has 16 heavy (non-hydrogen) atoms. The Balaban J connectivity index is 3.19. The fourth-order valence-electron chi connectivity index (χ4n) is 1.35. The van der Waals surface area contributed by atoms with Crippen molar-refractivity contribution in [2.75, 3.05) is 0 Å². The Kier molecular flexibility index (Phi) is 3.88. The van der Waals surface area contributed by atoms with Gasteiger partial charge in [-0.15, -0.1) is 0 Å². The second kappa shape index (κ2) is 4.80. The zero-order chi connectivity index (χ0) is 12.5. The number of hydrogen-bond acceptors (Lipinski definition) is 3. The first-order valence-electron chi connectivity index (χ1n) is 4.49. The maximum absolute atomic E-state index is 13.6. The van der Waals surface area contributed by atoms with Crippen LogP contribution in [0.25, 0.3) is 0 Å². The molecule has 1 rings (SSSR count). The summed E-state index contributed by atoms with van der Waals surface area (Å²) in [5.41, 5.74) is 6.13. The third-order valence-corrected chi connectivity index (χ3v) is 3.18. The smallest absolute Gasteiger partial charge is 0.305 e. The topological polar surface area (TPSA) is 83.6 Å². The molecule has 1 aromatic carbocycles. The summed E-state index contributed by atoms with van der Waals surface area (Å²) in [6.45, 7) is 1.65. The molecule has 4 N–H and O–H groups in total. The summed E-state index contributed by atoms with van der Waals surface area (Å²) in [5.74, 6) is -2.55. The number of aliphatic carboxylic acids is 1. The molecular weight excluding hydrogens is 281 g/mol. The van der Waals surface area contributed by atoms with Crippen molar-refractivity contribution in [1.29, 1.82) is 0 Å². The van der Waals surface area contributed by atoms with Gasteiger partial charge in [-0.25, -0.2) is 4.39 Å². The number of carboxylic acids is 1.